The Morgan fingerprint density at radius 3 is 2.43 bits per heavy atom. The number of halogens is 1. The van der Waals surface area contributed by atoms with Crippen LogP contribution in [0.3, 0.4) is 0 Å². The molecule has 3 rings (SSSR count). The van der Waals surface area contributed by atoms with E-state index in [4.69, 9.17) is 5.11 Å². The minimum Gasteiger partial charge on any atom is -0.465 e. The quantitative estimate of drug-likeness (QED) is 0.526. The van der Waals surface area contributed by atoms with Crippen LogP contribution in [0.4, 0.5) is 26.5 Å². The van der Waals surface area contributed by atoms with Gasteiger partial charge in [-0.15, -0.1) is 0 Å². The fourth-order valence-electron chi connectivity index (χ4n) is 3.85. The van der Waals surface area contributed by atoms with Crippen LogP contribution in [0.1, 0.15) is 42.9 Å². The Kier molecular flexibility index (Phi) is 6.40. The van der Waals surface area contributed by atoms with Gasteiger partial charge in [0, 0.05) is 11.7 Å². The van der Waals surface area contributed by atoms with E-state index in [1.165, 1.54) is 0 Å². The third-order valence-corrected chi connectivity index (χ3v) is 5.43. The molecule has 1 fully saturated rings. The van der Waals surface area contributed by atoms with E-state index in [0.717, 1.165) is 42.1 Å². The third-order valence-electron chi connectivity index (χ3n) is 5.43. The highest BCUT2D eigenvalue weighted by atomic mass is 19.1. The monoisotopic (exact) mass is 411 g/mol. The Bertz CT molecular complexity index is 964. The molecule has 30 heavy (non-hydrogen) atoms. The van der Waals surface area contributed by atoms with Gasteiger partial charge in [0.25, 0.3) is 0 Å². The molecule has 8 heteroatoms. The maximum Gasteiger partial charge on any atom is 0.404 e. The molecule has 1 heterocycles. The van der Waals surface area contributed by atoms with E-state index in [2.05, 4.69) is 20.9 Å². The number of nitrogens with one attached hydrogen (secondary N) is 3. The Labute approximate surface area is 175 Å². The number of hydrogen-bond acceptors (Lipinski definition) is 5. The number of aromatic nitrogens is 1. The lowest BCUT2D eigenvalue weighted by atomic mass is 9.77. The summed E-state index contributed by atoms with van der Waals surface area (Å²) in [7, 11) is 0. The number of rotatable bonds is 7. The molecule has 0 saturated heterocycles. The van der Waals surface area contributed by atoms with Crippen molar-refractivity contribution in [2.75, 3.05) is 10.6 Å². The Balaban J connectivity index is 1.91. The average molecular weight is 411 g/mol. The van der Waals surface area contributed by atoms with Gasteiger partial charge in [0.15, 0.2) is 17.5 Å². The maximum atomic E-state index is 14.7. The molecular formula is C22H26FN5O2. The molecule has 2 atom stereocenters. The van der Waals surface area contributed by atoms with Gasteiger partial charge in [-0.2, -0.15) is 5.26 Å². The average Bonchev–Trinajstić information content (AvgIpc) is 2.60. The highest BCUT2D eigenvalue weighted by Gasteiger charge is 2.33. The van der Waals surface area contributed by atoms with Crippen molar-refractivity contribution in [1.29, 1.82) is 5.26 Å². The minimum atomic E-state index is -1.13. The van der Waals surface area contributed by atoms with Crippen LogP contribution in [0, 0.1) is 36.9 Å². The van der Waals surface area contributed by atoms with Crippen LogP contribution in [-0.2, 0) is 0 Å². The summed E-state index contributed by atoms with van der Waals surface area (Å²) in [4.78, 5) is 15.4. The van der Waals surface area contributed by atoms with Gasteiger partial charge in [-0.3, -0.25) is 0 Å². The van der Waals surface area contributed by atoms with Gasteiger partial charge in [-0.1, -0.05) is 12.5 Å². The second-order valence-electron chi connectivity index (χ2n) is 7.93. The molecular weight excluding hydrogens is 385 g/mol. The number of pyridine rings is 1. The molecule has 1 aromatic heterocycles. The lowest BCUT2D eigenvalue weighted by molar-refractivity contribution is 0.180. The number of nitrogens with zero attached hydrogens (tertiary/aromatic N) is 2. The molecule has 1 aromatic carbocycles. The number of amides is 1. The van der Waals surface area contributed by atoms with Crippen LogP contribution < -0.4 is 16.0 Å². The number of carbonyl (C=O) groups is 1. The molecule has 0 aliphatic heterocycles. The van der Waals surface area contributed by atoms with Gasteiger partial charge in [-0.25, -0.2) is 14.2 Å². The smallest absolute Gasteiger partial charge is 0.404 e. The number of hydrogen-bond donors (Lipinski definition) is 4. The summed E-state index contributed by atoms with van der Waals surface area (Å²) in [5, 5.41) is 27.2. The van der Waals surface area contributed by atoms with Gasteiger partial charge in [-0.05, 0) is 68.9 Å². The van der Waals surface area contributed by atoms with E-state index in [9.17, 15) is 14.4 Å². The number of benzene rings is 1. The Morgan fingerprint density at radius 2 is 1.90 bits per heavy atom. The second-order valence-corrected chi connectivity index (χ2v) is 7.93. The lowest BCUT2D eigenvalue weighted by Gasteiger charge is -2.38. The molecule has 2 aromatic rings. The van der Waals surface area contributed by atoms with Crippen molar-refractivity contribution in [2.24, 2.45) is 5.92 Å². The van der Waals surface area contributed by atoms with Gasteiger partial charge in [0.2, 0.25) is 0 Å². The van der Waals surface area contributed by atoms with Crippen molar-refractivity contribution >= 4 is 23.4 Å². The van der Waals surface area contributed by atoms with Gasteiger partial charge in [0.05, 0.1) is 11.6 Å². The van der Waals surface area contributed by atoms with Crippen LogP contribution in [0.2, 0.25) is 0 Å². The summed E-state index contributed by atoms with van der Waals surface area (Å²) in [5.74, 6) is -0.182. The number of aryl methyl sites for hydroxylation is 2. The topological polar surface area (TPSA) is 110 Å². The first-order valence-corrected chi connectivity index (χ1v) is 9.98. The lowest BCUT2D eigenvalue weighted by Crippen LogP contribution is -2.50. The van der Waals surface area contributed by atoms with Crippen molar-refractivity contribution in [3.63, 3.8) is 0 Å². The molecule has 4 N–H and O–H groups in total. The summed E-state index contributed by atoms with van der Waals surface area (Å²) in [6, 6.07) is 8.25. The number of carboxylic acid groups (broad SMARTS) is 1. The molecule has 0 unspecified atom stereocenters. The van der Waals surface area contributed by atoms with E-state index in [1.807, 2.05) is 38.1 Å². The Hall–Kier alpha value is -3.34. The van der Waals surface area contributed by atoms with E-state index in [-0.39, 0.29) is 29.2 Å². The van der Waals surface area contributed by atoms with Crippen LogP contribution in [-0.4, -0.2) is 28.3 Å². The zero-order valence-corrected chi connectivity index (χ0v) is 17.3. The molecule has 1 aliphatic rings. The molecule has 7 nitrogen and oxygen atoms in total. The molecule has 1 saturated carbocycles. The van der Waals surface area contributed by atoms with Crippen LogP contribution in [0.15, 0.2) is 24.3 Å². The highest BCUT2D eigenvalue weighted by Crippen LogP contribution is 2.33. The fraction of sp³-hybridized carbons (Fsp3) is 0.409. The predicted molar refractivity (Wildman–Crippen MR) is 113 cm³/mol. The normalized spacial score (nSPS) is 15.4. The van der Waals surface area contributed by atoms with E-state index in [1.54, 1.807) is 6.92 Å². The zero-order valence-electron chi connectivity index (χ0n) is 17.3. The van der Waals surface area contributed by atoms with Crippen LogP contribution in [0.5, 0.6) is 0 Å². The predicted octanol–water partition coefficient (Wildman–Crippen LogP) is 4.69. The van der Waals surface area contributed by atoms with E-state index in [0.29, 0.717) is 0 Å². The van der Waals surface area contributed by atoms with Gasteiger partial charge in [0.1, 0.15) is 6.07 Å². The summed E-state index contributed by atoms with van der Waals surface area (Å²) in [6.45, 7) is 5.68. The molecule has 1 amide bonds. The standard InChI is InChI=1S/C22H26FN5O2/c1-12-7-13(2)9-17(8-12)26-20-16(11-24)10-18(23)21(28-20)27-19(15-5-4-6-15)14(3)25-22(29)30/h7-10,14-15,19,25H,4-6H2,1-3H3,(H,29,30)(H2,26,27,28)/t14-,19-/m0/s1. The van der Waals surface area contributed by atoms with Crippen molar-refractivity contribution in [1.82, 2.24) is 10.3 Å². The number of anilines is 3. The highest BCUT2D eigenvalue weighted by molar-refractivity contribution is 5.67. The first-order chi connectivity index (χ1) is 14.3. The molecule has 0 radical (unpaired) electrons. The fourth-order valence-corrected chi connectivity index (χ4v) is 3.85. The van der Waals surface area contributed by atoms with Crippen LogP contribution >= 0.6 is 0 Å². The maximum absolute atomic E-state index is 14.7. The second kappa shape index (κ2) is 8.99. The van der Waals surface area contributed by atoms with E-state index < -0.39 is 18.0 Å². The summed E-state index contributed by atoms with van der Waals surface area (Å²) in [6.07, 6.45) is 1.81. The van der Waals surface area contributed by atoms with Gasteiger partial charge >= 0.3 is 6.09 Å². The number of nitriles is 1. The Morgan fingerprint density at radius 1 is 1.23 bits per heavy atom. The largest absolute Gasteiger partial charge is 0.465 e. The van der Waals surface area contributed by atoms with Crippen LogP contribution in [0.25, 0.3) is 0 Å². The molecule has 1 aliphatic carbocycles. The van der Waals surface area contributed by atoms with Crippen molar-refractivity contribution in [3.05, 3.63) is 46.8 Å². The van der Waals surface area contributed by atoms with Gasteiger partial charge < -0.3 is 21.1 Å². The summed E-state index contributed by atoms with van der Waals surface area (Å²) < 4.78 is 14.7. The van der Waals surface area contributed by atoms with Crippen molar-refractivity contribution < 1.29 is 14.3 Å². The molecule has 0 bridgehead atoms. The molecule has 158 valence electrons. The third kappa shape index (κ3) is 4.98. The summed E-state index contributed by atoms with van der Waals surface area (Å²) >= 11 is 0. The minimum absolute atomic E-state index is 0.00295. The van der Waals surface area contributed by atoms with Crippen molar-refractivity contribution in [3.8, 4) is 6.07 Å². The zero-order chi connectivity index (χ0) is 21.8. The first-order valence-electron chi connectivity index (χ1n) is 9.98. The summed E-state index contributed by atoms with van der Waals surface area (Å²) in [5.41, 5.74) is 2.95. The van der Waals surface area contributed by atoms with Crippen molar-refractivity contribution in [2.45, 2.75) is 52.1 Å². The molecule has 0 spiro atoms. The first kappa shape index (κ1) is 21.4. The van der Waals surface area contributed by atoms with E-state index >= 15 is 0 Å². The SMILES string of the molecule is Cc1cc(C)cc(Nc2nc(N[C@H](C3CCC3)[C@H](C)NC(=O)O)c(F)cc2C#N)c1.